The fraction of sp³-hybridized carbons (Fsp3) is 0.333. The second kappa shape index (κ2) is 6.58. The maximum absolute atomic E-state index is 4.13. The SMILES string of the molecule is CSC(=N/N=C(/C)c1cnccn1)SC. The van der Waals surface area contributed by atoms with Gasteiger partial charge in [0, 0.05) is 12.4 Å². The van der Waals surface area contributed by atoms with E-state index in [0.29, 0.717) is 0 Å². The van der Waals surface area contributed by atoms with Crippen molar-refractivity contribution in [2.75, 3.05) is 12.5 Å². The first-order valence-corrected chi connectivity index (χ1v) is 6.69. The molecule has 0 aromatic carbocycles. The van der Waals surface area contributed by atoms with Gasteiger partial charge in [-0.2, -0.15) is 5.10 Å². The molecule has 0 N–H and O–H groups in total. The molecule has 4 nitrogen and oxygen atoms in total. The molecule has 1 aromatic heterocycles. The van der Waals surface area contributed by atoms with E-state index in [1.165, 1.54) is 0 Å². The summed E-state index contributed by atoms with van der Waals surface area (Å²) < 4.78 is 0.929. The summed E-state index contributed by atoms with van der Waals surface area (Å²) in [5, 5.41) is 8.20. The fourth-order valence-electron chi connectivity index (χ4n) is 0.818. The highest BCUT2D eigenvalue weighted by atomic mass is 32.2. The van der Waals surface area contributed by atoms with Crippen LogP contribution >= 0.6 is 23.5 Å². The monoisotopic (exact) mass is 240 g/mol. The first kappa shape index (κ1) is 12.2. The number of thioether (sulfide) groups is 2. The maximum atomic E-state index is 4.13. The van der Waals surface area contributed by atoms with Crippen LogP contribution in [0.15, 0.2) is 28.8 Å². The van der Waals surface area contributed by atoms with E-state index in [0.717, 1.165) is 15.8 Å². The van der Waals surface area contributed by atoms with Crippen LogP contribution in [0.25, 0.3) is 0 Å². The van der Waals surface area contributed by atoms with Crippen LogP contribution < -0.4 is 0 Å². The van der Waals surface area contributed by atoms with Gasteiger partial charge in [0.25, 0.3) is 0 Å². The Hall–Kier alpha value is -0.880. The van der Waals surface area contributed by atoms with E-state index in [9.17, 15) is 0 Å². The van der Waals surface area contributed by atoms with Crippen molar-refractivity contribution in [1.82, 2.24) is 9.97 Å². The molecule has 0 fully saturated rings. The van der Waals surface area contributed by atoms with Gasteiger partial charge in [-0.05, 0) is 19.4 Å². The third kappa shape index (κ3) is 4.01. The zero-order chi connectivity index (χ0) is 11.1. The minimum Gasteiger partial charge on any atom is -0.261 e. The van der Waals surface area contributed by atoms with E-state index in [1.807, 2.05) is 19.4 Å². The molecule has 0 amide bonds. The van der Waals surface area contributed by atoms with Gasteiger partial charge in [0.2, 0.25) is 0 Å². The van der Waals surface area contributed by atoms with Gasteiger partial charge in [0.05, 0.1) is 11.9 Å². The first-order chi connectivity index (χ1) is 7.27. The Labute approximate surface area is 97.7 Å². The number of hydrogen-bond donors (Lipinski definition) is 0. The van der Waals surface area contributed by atoms with Crippen LogP contribution in [0.3, 0.4) is 0 Å². The predicted molar refractivity (Wildman–Crippen MR) is 68.7 cm³/mol. The van der Waals surface area contributed by atoms with Crippen LogP contribution in [0.4, 0.5) is 0 Å². The zero-order valence-corrected chi connectivity index (χ0v) is 10.5. The molecule has 0 spiro atoms. The lowest BCUT2D eigenvalue weighted by Gasteiger charge is -1.97. The molecule has 0 saturated heterocycles. The maximum Gasteiger partial charge on any atom is 0.152 e. The van der Waals surface area contributed by atoms with E-state index in [4.69, 9.17) is 0 Å². The van der Waals surface area contributed by atoms with Crippen LogP contribution in [0.2, 0.25) is 0 Å². The molecule has 6 heteroatoms. The lowest BCUT2D eigenvalue weighted by atomic mass is 10.3. The van der Waals surface area contributed by atoms with Gasteiger partial charge in [-0.15, -0.1) is 28.6 Å². The molecule has 1 rings (SSSR count). The van der Waals surface area contributed by atoms with E-state index in [2.05, 4.69) is 20.2 Å². The van der Waals surface area contributed by atoms with Crippen molar-refractivity contribution in [2.45, 2.75) is 6.92 Å². The highest BCUT2D eigenvalue weighted by Gasteiger charge is 1.98. The highest BCUT2D eigenvalue weighted by Crippen LogP contribution is 2.11. The van der Waals surface area contributed by atoms with E-state index in [-0.39, 0.29) is 0 Å². The average molecular weight is 240 g/mol. The van der Waals surface area contributed by atoms with Crippen molar-refractivity contribution in [2.24, 2.45) is 10.2 Å². The molecule has 1 heterocycles. The Balaban J connectivity index is 2.81. The predicted octanol–water partition coefficient (Wildman–Crippen LogP) is 2.28. The summed E-state index contributed by atoms with van der Waals surface area (Å²) in [7, 11) is 0. The summed E-state index contributed by atoms with van der Waals surface area (Å²) in [6.07, 6.45) is 8.90. The van der Waals surface area contributed by atoms with Crippen molar-refractivity contribution in [1.29, 1.82) is 0 Å². The number of rotatable bonds is 2. The molecule has 0 aliphatic heterocycles. The lowest BCUT2D eigenvalue weighted by Crippen LogP contribution is -1.98. The van der Waals surface area contributed by atoms with Crippen molar-refractivity contribution < 1.29 is 0 Å². The van der Waals surface area contributed by atoms with E-state index in [1.54, 1.807) is 42.1 Å². The van der Waals surface area contributed by atoms with E-state index >= 15 is 0 Å². The molecule has 0 bridgehead atoms. The minimum absolute atomic E-state index is 0.753. The third-order valence-corrected chi connectivity index (χ3v) is 3.43. The summed E-state index contributed by atoms with van der Waals surface area (Å²) in [6, 6.07) is 0. The summed E-state index contributed by atoms with van der Waals surface area (Å²) in [4.78, 5) is 8.10. The largest absolute Gasteiger partial charge is 0.261 e. The van der Waals surface area contributed by atoms with Crippen LogP contribution in [0.5, 0.6) is 0 Å². The molecule has 15 heavy (non-hydrogen) atoms. The van der Waals surface area contributed by atoms with Gasteiger partial charge in [-0.3, -0.25) is 9.97 Å². The smallest absolute Gasteiger partial charge is 0.152 e. The van der Waals surface area contributed by atoms with Gasteiger partial charge < -0.3 is 0 Å². The average Bonchev–Trinajstić information content (AvgIpc) is 2.31. The lowest BCUT2D eigenvalue weighted by molar-refractivity contribution is 1.15. The number of nitrogens with zero attached hydrogens (tertiary/aromatic N) is 4. The summed E-state index contributed by atoms with van der Waals surface area (Å²) in [5.41, 5.74) is 1.52. The van der Waals surface area contributed by atoms with Crippen LogP contribution in [-0.4, -0.2) is 32.6 Å². The van der Waals surface area contributed by atoms with Crippen molar-refractivity contribution in [3.63, 3.8) is 0 Å². The Morgan fingerprint density at radius 3 is 2.47 bits per heavy atom. The molecule has 80 valence electrons. The van der Waals surface area contributed by atoms with Crippen LogP contribution in [0, 0.1) is 0 Å². The van der Waals surface area contributed by atoms with Crippen molar-refractivity contribution >= 4 is 33.6 Å². The second-order valence-electron chi connectivity index (χ2n) is 2.55. The zero-order valence-electron chi connectivity index (χ0n) is 8.84. The number of hydrogen-bond acceptors (Lipinski definition) is 6. The summed E-state index contributed by atoms with van der Waals surface area (Å²) in [6.45, 7) is 1.87. The van der Waals surface area contributed by atoms with Crippen LogP contribution in [-0.2, 0) is 0 Å². The first-order valence-electron chi connectivity index (χ1n) is 4.24. The molecule has 0 aliphatic rings. The van der Waals surface area contributed by atoms with Gasteiger partial charge in [-0.1, -0.05) is 0 Å². The Kier molecular flexibility index (Phi) is 5.34. The van der Waals surface area contributed by atoms with Crippen molar-refractivity contribution in [3.8, 4) is 0 Å². The summed E-state index contributed by atoms with van der Waals surface area (Å²) >= 11 is 3.15. The molecule has 0 saturated carbocycles. The Morgan fingerprint density at radius 1 is 1.20 bits per heavy atom. The van der Waals surface area contributed by atoms with Crippen LogP contribution in [0.1, 0.15) is 12.6 Å². The third-order valence-electron chi connectivity index (χ3n) is 1.56. The highest BCUT2D eigenvalue weighted by molar-refractivity contribution is 8.38. The minimum atomic E-state index is 0.753. The molecular weight excluding hydrogens is 228 g/mol. The van der Waals surface area contributed by atoms with Gasteiger partial charge >= 0.3 is 0 Å². The molecule has 1 aromatic rings. The normalized spacial score (nSPS) is 11.3. The summed E-state index contributed by atoms with van der Waals surface area (Å²) in [5.74, 6) is 0. The molecule has 0 atom stereocenters. The standard InChI is InChI=1S/C9H12N4S2/c1-7(8-6-10-4-5-11-8)12-13-9(14-2)15-3/h4-6H,1-3H3/b12-7-. The Bertz CT molecular complexity index is 356. The topological polar surface area (TPSA) is 50.5 Å². The van der Waals surface area contributed by atoms with Gasteiger partial charge in [-0.25, -0.2) is 0 Å². The number of aromatic nitrogens is 2. The Morgan fingerprint density at radius 2 is 1.93 bits per heavy atom. The van der Waals surface area contributed by atoms with Crippen molar-refractivity contribution in [3.05, 3.63) is 24.3 Å². The quantitative estimate of drug-likeness (QED) is 0.452. The fourth-order valence-corrected chi connectivity index (χ4v) is 1.73. The van der Waals surface area contributed by atoms with Gasteiger partial charge in [0.1, 0.15) is 5.69 Å². The molecular formula is C9H12N4S2. The van der Waals surface area contributed by atoms with E-state index < -0.39 is 0 Å². The molecule has 0 unspecified atom stereocenters. The van der Waals surface area contributed by atoms with Gasteiger partial charge in [0.15, 0.2) is 4.38 Å². The molecule has 0 radical (unpaired) electrons. The second-order valence-corrected chi connectivity index (χ2v) is 4.40. The molecule has 0 aliphatic carbocycles.